The van der Waals surface area contributed by atoms with Crippen LogP contribution in [0.15, 0.2) is 12.2 Å². The van der Waals surface area contributed by atoms with Gasteiger partial charge in [0.1, 0.15) is 6.54 Å². The monoisotopic (exact) mass is 290 g/mol. The molecule has 0 radical (unpaired) electrons. The van der Waals surface area contributed by atoms with E-state index in [1.807, 2.05) is 12.2 Å². The van der Waals surface area contributed by atoms with E-state index in [0.29, 0.717) is 12.8 Å². The van der Waals surface area contributed by atoms with Gasteiger partial charge in [-0.05, 0) is 25.7 Å². The van der Waals surface area contributed by atoms with Crippen LogP contribution in [0.5, 0.6) is 0 Å². The molecule has 3 aliphatic rings. The lowest BCUT2D eigenvalue weighted by atomic mass is 9.85. The molecule has 1 saturated carbocycles. The van der Waals surface area contributed by atoms with Gasteiger partial charge in [-0.2, -0.15) is 0 Å². The van der Waals surface area contributed by atoms with Gasteiger partial charge in [0.05, 0.1) is 11.8 Å². The molecule has 1 heterocycles. The van der Waals surface area contributed by atoms with Gasteiger partial charge in [-0.25, -0.2) is 0 Å². The number of allylic oxidation sites excluding steroid dienone is 2. The van der Waals surface area contributed by atoms with E-state index in [1.54, 1.807) is 0 Å². The summed E-state index contributed by atoms with van der Waals surface area (Å²) in [6.07, 6.45) is 10.7. The molecule has 1 aliphatic heterocycles. The van der Waals surface area contributed by atoms with Gasteiger partial charge in [0.15, 0.2) is 0 Å². The SMILES string of the molecule is O=C(CN1C(=O)[C@H]2CC=CC[C@H]2C1=O)NC1CCCCC1. The second-order valence-corrected chi connectivity index (χ2v) is 6.32. The van der Waals surface area contributed by atoms with Crippen LogP contribution in [0.1, 0.15) is 44.9 Å². The Hall–Kier alpha value is -1.65. The molecule has 0 aromatic carbocycles. The average molecular weight is 290 g/mol. The zero-order valence-electron chi connectivity index (χ0n) is 12.2. The molecule has 0 spiro atoms. The van der Waals surface area contributed by atoms with Crippen LogP contribution in [0.2, 0.25) is 0 Å². The molecule has 2 fully saturated rings. The number of rotatable bonds is 3. The van der Waals surface area contributed by atoms with Crippen molar-refractivity contribution in [1.29, 1.82) is 0 Å². The average Bonchev–Trinajstić information content (AvgIpc) is 2.74. The van der Waals surface area contributed by atoms with Crippen LogP contribution in [0.25, 0.3) is 0 Å². The van der Waals surface area contributed by atoms with Gasteiger partial charge >= 0.3 is 0 Å². The van der Waals surface area contributed by atoms with Crippen molar-refractivity contribution in [3.63, 3.8) is 0 Å². The Labute approximate surface area is 124 Å². The first-order valence-electron chi connectivity index (χ1n) is 7.96. The van der Waals surface area contributed by atoms with Crippen LogP contribution >= 0.6 is 0 Å². The third-order valence-electron chi connectivity index (χ3n) is 4.87. The highest BCUT2D eigenvalue weighted by atomic mass is 16.2. The smallest absolute Gasteiger partial charge is 0.240 e. The first-order chi connectivity index (χ1) is 10.2. The maximum atomic E-state index is 12.3. The molecular weight excluding hydrogens is 268 g/mol. The number of nitrogens with one attached hydrogen (secondary N) is 1. The van der Waals surface area contributed by atoms with Gasteiger partial charge in [-0.3, -0.25) is 19.3 Å². The van der Waals surface area contributed by atoms with E-state index in [0.717, 1.165) is 25.7 Å². The number of nitrogens with zero attached hydrogens (tertiary/aromatic N) is 1. The molecule has 0 aromatic heterocycles. The maximum absolute atomic E-state index is 12.3. The third kappa shape index (κ3) is 2.87. The van der Waals surface area contributed by atoms with Gasteiger partial charge in [0.25, 0.3) is 0 Å². The number of hydrogen-bond acceptors (Lipinski definition) is 3. The second kappa shape index (κ2) is 6.00. The van der Waals surface area contributed by atoms with Crippen molar-refractivity contribution >= 4 is 17.7 Å². The van der Waals surface area contributed by atoms with Crippen LogP contribution in [-0.4, -0.2) is 35.2 Å². The van der Waals surface area contributed by atoms with E-state index in [1.165, 1.54) is 11.3 Å². The Morgan fingerprint density at radius 2 is 1.62 bits per heavy atom. The third-order valence-corrected chi connectivity index (χ3v) is 4.87. The maximum Gasteiger partial charge on any atom is 0.240 e. The molecule has 3 amide bonds. The van der Waals surface area contributed by atoms with Crippen LogP contribution in [0.4, 0.5) is 0 Å². The standard InChI is InChI=1S/C16H22N2O3/c19-14(17-11-6-2-1-3-7-11)10-18-15(20)12-8-4-5-9-13(12)16(18)21/h4-5,11-13H,1-3,6-10H2,(H,17,19)/t12-,13+. The van der Waals surface area contributed by atoms with E-state index in [-0.39, 0.29) is 42.1 Å². The first-order valence-corrected chi connectivity index (χ1v) is 7.96. The van der Waals surface area contributed by atoms with E-state index in [4.69, 9.17) is 0 Å². The summed E-state index contributed by atoms with van der Waals surface area (Å²) in [6.45, 7) is -0.110. The van der Waals surface area contributed by atoms with Crippen LogP contribution in [-0.2, 0) is 14.4 Å². The Kier molecular flexibility index (Phi) is 4.08. The normalized spacial score (nSPS) is 29.6. The van der Waals surface area contributed by atoms with Crippen molar-refractivity contribution in [1.82, 2.24) is 10.2 Å². The molecule has 21 heavy (non-hydrogen) atoms. The number of likely N-dealkylation sites (tertiary alicyclic amines) is 1. The van der Waals surface area contributed by atoms with Crippen molar-refractivity contribution in [3.05, 3.63) is 12.2 Å². The van der Waals surface area contributed by atoms with E-state index >= 15 is 0 Å². The molecule has 1 saturated heterocycles. The zero-order chi connectivity index (χ0) is 14.8. The number of amides is 3. The summed E-state index contributed by atoms with van der Waals surface area (Å²) in [4.78, 5) is 37.8. The number of fused-ring (bicyclic) bond motifs is 1. The summed E-state index contributed by atoms with van der Waals surface area (Å²) in [5.41, 5.74) is 0. The number of carbonyl (C=O) groups is 3. The molecule has 5 nitrogen and oxygen atoms in total. The van der Waals surface area contributed by atoms with Gasteiger partial charge in [0, 0.05) is 6.04 Å². The van der Waals surface area contributed by atoms with Gasteiger partial charge in [-0.1, -0.05) is 31.4 Å². The summed E-state index contributed by atoms with van der Waals surface area (Å²) in [5, 5.41) is 2.97. The Bertz CT molecular complexity index is 454. The molecular formula is C16H22N2O3. The van der Waals surface area contributed by atoms with E-state index in [2.05, 4.69) is 5.32 Å². The molecule has 2 atom stereocenters. The summed E-state index contributed by atoms with van der Waals surface area (Å²) >= 11 is 0. The fraction of sp³-hybridized carbons (Fsp3) is 0.688. The zero-order valence-corrected chi connectivity index (χ0v) is 12.2. The molecule has 114 valence electrons. The molecule has 0 unspecified atom stereocenters. The molecule has 2 aliphatic carbocycles. The van der Waals surface area contributed by atoms with Crippen molar-refractivity contribution in [3.8, 4) is 0 Å². The van der Waals surface area contributed by atoms with Crippen LogP contribution < -0.4 is 5.32 Å². The lowest BCUT2D eigenvalue weighted by Crippen LogP contribution is -2.45. The predicted octanol–water partition coefficient (Wildman–Crippen LogP) is 1.39. The quantitative estimate of drug-likeness (QED) is 0.631. The number of imide groups is 1. The predicted molar refractivity (Wildman–Crippen MR) is 77.1 cm³/mol. The molecule has 0 aromatic rings. The first kappa shape index (κ1) is 14.3. The highest BCUT2D eigenvalue weighted by molar-refractivity contribution is 6.07. The molecule has 1 N–H and O–H groups in total. The molecule has 3 rings (SSSR count). The highest BCUT2D eigenvalue weighted by Crippen LogP contribution is 2.34. The molecule has 0 bridgehead atoms. The van der Waals surface area contributed by atoms with Crippen molar-refractivity contribution in [2.24, 2.45) is 11.8 Å². The fourth-order valence-corrected chi connectivity index (χ4v) is 3.69. The minimum absolute atomic E-state index is 0.110. The van der Waals surface area contributed by atoms with Crippen molar-refractivity contribution in [2.45, 2.75) is 51.0 Å². The van der Waals surface area contributed by atoms with Gasteiger partial charge in [-0.15, -0.1) is 0 Å². The van der Waals surface area contributed by atoms with E-state index < -0.39 is 0 Å². The summed E-state index contributed by atoms with van der Waals surface area (Å²) in [7, 11) is 0. The Morgan fingerprint density at radius 1 is 1.05 bits per heavy atom. The minimum atomic E-state index is -0.245. The number of hydrogen-bond donors (Lipinski definition) is 1. The second-order valence-electron chi connectivity index (χ2n) is 6.32. The topological polar surface area (TPSA) is 66.5 Å². The minimum Gasteiger partial charge on any atom is -0.352 e. The summed E-state index contributed by atoms with van der Waals surface area (Å²) < 4.78 is 0. The van der Waals surface area contributed by atoms with Crippen LogP contribution in [0, 0.1) is 11.8 Å². The largest absolute Gasteiger partial charge is 0.352 e. The number of carbonyl (C=O) groups excluding carboxylic acids is 3. The lowest BCUT2D eigenvalue weighted by molar-refractivity contribution is -0.143. The summed E-state index contributed by atoms with van der Waals surface area (Å²) in [5.74, 6) is -1.04. The summed E-state index contributed by atoms with van der Waals surface area (Å²) in [6, 6.07) is 0.211. The van der Waals surface area contributed by atoms with E-state index in [9.17, 15) is 14.4 Å². The Balaban J connectivity index is 1.58. The van der Waals surface area contributed by atoms with Gasteiger partial charge in [0.2, 0.25) is 17.7 Å². The fourth-order valence-electron chi connectivity index (χ4n) is 3.69. The van der Waals surface area contributed by atoms with Crippen LogP contribution in [0.3, 0.4) is 0 Å². The highest BCUT2D eigenvalue weighted by Gasteiger charge is 2.47. The van der Waals surface area contributed by atoms with Gasteiger partial charge < -0.3 is 5.32 Å². The lowest BCUT2D eigenvalue weighted by Gasteiger charge is -2.24. The molecule has 5 heteroatoms. The van der Waals surface area contributed by atoms with Crippen molar-refractivity contribution < 1.29 is 14.4 Å². The van der Waals surface area contributed by atoms with Crippen molar-refractivity contribution in [2.75, 3.05) is 6.54 Å². The Morgan fingerprint density at radius 3 is 2.19 bits per heavy atom.